The number of benzene rings is 1. The van der Waals surface area contributed by atoms with E-state index in [1.54, 1.807) is 4.90 Å². The molecular weight excluding hydrogens is 278 g/mol. The van der Waals surface area contributed by atoms with Crippen molar-refractivity contribution in [2.45, 2.75) is 26.1 Å². The Hall–Kier alpha value is -1.10. The number of aryl methyl sites for hydroxylation is 1. The second-order valence-corrected chi connectivity index (χ2v) is 4.96. The third kappa shape index (κ3) is 3.72. The molecule has 1 aliphatic heterocycles. The van der Waals surface area contributed by atoms with Crippen LogP contribution in [0.25, 0.3) is 0 Å². The minimum atomic E-state index is -0.364. The number of hydrogen-bond acceptors (Lipinski definition) is 3. The lowest BCUT2D eigenvalue weighted by molar-refractivity contribution is -0.117. The van der Waals surface area contributed by atoms with Gasteiger partial charge in [-0.1, -0.05) is 31.5 Å². The predicted molar refractivity (Wildman–Crippen MR) is 79.2 cm³/mol. The Balaban J connectivity index is 2.23. The van der Waals surface area contributed by atoms with Crippen LogP contribution in [0, 0.1) is 0 Å². The van der Waals surface area contributed by atoms with Crippen molar-refractivity contribution < 1.29 is 14.3 Å². The van der Waals surface area contributed by atoms with Crippen molar-refractivity contribution in [3.8, 4) is 0 Å². The van der Waals surface area contributed by atoms with Crippen LogP contribution in [-0.2, 0) is 20.7 Å². The van der Waals surface area contributed by atoms with Gasteiger partial charge < -0.3 is 14.4 Å². The number of amides is 1. The summed E-state index contributed by atoms with van der Waals surface area (Å²) < 4.78 is 10.9. The number of carbonyl (C=O) groups excluding carboxylic acids is 1. The van der Waals surface area contributed by atoms with E-state index in [1.165, 1.54) is 0 Å². The maximum absolute atomic E-state index is 12.1. The largest absolute Gasteiger partial charge is 0.348 e. The summed E-state index contributed by atoms with van der Waals surface area (Å²) >= 11 is 5.74. The molecule has 0 spiro atoms. The molecule has 0 aromatic heterocycles. The average molecular weight is 298 g/mol. The van der Waals surface area contributed by atoms with Gasteiger partial charge in [0, 0.05) is 5.69 Å². The number of nitrogens with zero attached hydrogens (tertiary/aromatic N) is 1. The molecule has 1 amide bonds. The summed E-state index contributed by atoms with van der Waals surface area (Å²) in [5.74, 6) is -0.179. The number of rotatable bonds is 6. The van der Waals surface area contributed by atoms with E-state index in [0.29, 0.717) is 19.8 Å². The molecule has 0 unspecified atom stereocenters. The van der Waals surface area contributed by atoms with Gasteiger partial charge in [0.15, 0.2) is 6.29 Å². The number of para-hydroxylation sites is 1. The lowest BCUT2D eigenvalue weighted by Crippen LogP contribution is -2.39. The maximum atomic E-state index is 12.1. The first-order chi connectivity index (χ1) is 9.76. The third-order valence-electron chi connectivity index (χ3n) is 3.24. The quantitative estimate of drug-likeness (QED) is 0.758. The van der Waals surface area contributed by atoms with Crippen molar-refractivity contribution >= 4 is 23.2 Å². The standard InChI is InChI=1S/C15H20ClNO3/c1-2-5-12-6-3-4-7-13(12)17(14(18)10-16)11-15-19-8-9-20-15/h3-4,6-7,15H,2,5,8-11H2,1H3. The fourth-order valence-corrected chi connectivity index (χ4v) is 2.47. The number of alkyl halides is 1. The van der Waals surface area contributed by atoms with Crippen molar-refractivity contribution in [1.82, 2.24) is 0 Å². The summed E-state index contributed by atoms with van der Waals surface area (Å²) in [6.07, 6.45) is 1.59. The Bertz CT molecular complexity index is 446. The molecule has 0 N–H and O–H groups in total. The molecule has 0 radical (unpaired) electrons. The van der Waals surface area contributed by atoms with Crippen LogP contribution >= 0.6 is 11.6 Å². The van der Waals surface area contributed by atoms with E-state index in [4.69, 9.17) is 21.1 Å². The van der Waals surface area contributed by atoms with Crippen LogP contribution in [-0.4, -0.2) is 37.8 Å². The van der Waals surface area contributed by atoms with Gasteiger partial charge in [-0.2, -0.15) is 0 Å². The third-order valence-corrected chi connectivity index (χ3v) is 3.47. The fourth-order valence-electron chi connectivity index (χ4n) is 2.32. The van der Waals surface area contributed by atoms with Crippen LogP contribution in [0.3, 0.4) is 0 Å². The first-order valence-electron chi connectivity index (χ1n) is 6.93. The van der Waals surface area contributed by atoms with Gasteiger partial charge in [-0.05, 0) is 18.1 Å². The molecule has 110 valence electrons. The molecule has 1 aromatic carbocycles. The van der Waals surface area contributed by atoms with E-state index in [0.717, 1.165) is 24.1 Å². The summed E-state index contributed by atoms with van der Waals surface area (Å²) in [5.41, 5.74) is 2.05. The van der Waals surface area contributed by atoms with E-state index in [-0.39, 0.29) is 18.1 Å². The number of halogens is 1. The van der Waals surface area contributed by atoms with Crippen LogP contribution in [0.2, 0.25) is 0 Å². The first-order valence-corrected chi connectivity index (χ1v) is 7.47. The van der Waals surface area contributed by atoms with Crippen molar-refractivity contribution in [3.05, 3.63) is 29.8 Å². The zero-order valence-corrected chi connectivity index (χ0v) is 12.4. The molecule has 0 bridgehead atoms. The summed E-state index contributed by atoms with van der Waals surface area (Å²) in [5, 5.41) is 0. The SMILES string of the molecule is CCCc1ccccc1N(CC1OCCO1)C(=O)CCl. The van der Waals surface area contributed by atoms with E-state index in [1.807, 2.05) is 24.3 Å². The van der Waals surface area contributed by atoms with E-state index >= 15 is 0 Å². The predicted octanol–water partition coefficient (Wildman–Crippen LogP) is 2.58. The second-order valence-electron chi connectivity index (χ2n) is 4.69. The highest BCUT2D eigenvalue weighted by atomic mass is 35.5. The minimum absolute atomic E-state index is 0.0484. The number of carbonyl (C=O) groups is 1. The van der Waals surface area contributed by atoms with Crippen molar-refractivity contribution in [3.63, 3.8) is 0 Å². The van der Waals surface area contributed by atoms with Crippen LogP contribution in [0.4, 0.5) is 5.69 Å². The molecule has 0 aliphatic carbocycles. The highest BCUT2D eigenvalue weighted by Gasteiger charge is 2.25. The zero-order chi connectivity index (χ0) is 14.4. The van der Waals surface area contributed by atoms with Crippen molar-refractivity contribution in [1.29, 1.82) is 0 Å². The Labute approximate surface area is 124 Å². The molecule has 5 heteroatoms. The number of hydrogen-bond donors (Lipinski definition) is 0. The normalized spacial score (nSPS) is 15.5. The van der Waals surface area contributed by atoms with Crippen LogP contribution < -0.4 is 4.90 Å². The number of ether oxygens (including phenoxy) is 2. The minimum Gasteiger partial charge on any atom is -0.348 e. The van der Waals surface area contributed by atoms with E-state index < -0.39 is 0 Å². The monoisotopic (exact) mass is 297 g/mol. The Morgan fingerprint density at radius 3 is 2.70 bits per heavy atom. The summed E-state index contributed by atoms with van der Waals surface area (Å²) in [6.45, 7) is 3.65. The zero-order valence-electron chi connectivity index (χ0n) is 11.7. The highest BCUT2D eigenvalue weighted by Crippen LogP contribution is 2.23. The second kappa shape index (κ2) is 7.62. The molecule has 1 aliphatic rings. The van der Waals surface area contributed by atoms with Crippen LogP contribution in [0.15, 0.2) is 24.3 Å². The van der Waals surface area contributed by atoms with Crippen molar-refractivity contribution in [2.24, 2.45) is 0 Å². The van der Waals surface area contributed by atoms with Gasteiger partial charge in [0.25, 0.3) is 0 Å². The lowest BCUT2D eigenvalue weighted by Gasteiger charge is -2.26. The van der Waals surface area contributed by atoms with Crippen LogP contribution in [0.5, 0.6) is 0 Å². The lowest BCUT2D eigenvalue weighted by atomic mass is 10.1. The molecule has 0 saturated carbocycles. The maximum Gasteiger partial charge on any atom is 0.242 e. The molecule has 1 fully saturated rings. The first kappa shape index (κ1) is 15.3. The number of anilines is 1. The Kier molecular flexibility index (Phi) is 5.83. The molecule has 4 nitrogen and oxygen atoms in total. The Morgan fingerprint density at radius 1 is 1.35 bits per heavy atom. The van der Waals surface area contributed by atoms with E-state index in [9.17, 15) is 4.79 Å². The van der Waals surface area contributed by atoms with Crippen molar-refractivity contribution in [2.75, 3.05) is 30.5 Å². The summed E-state index contributed by atoms with van der Waals surface area (Å²) in [4.78, 5) is 13.8. The highest BCUT2D eigenvalue weighted by molar-refractivity contribution is 6.29. The molecule has 1 saturated heterocycles. The summed E-state index contributed by atoms with van der Waals surface area (Å²) in [7, 11) is 0. The van der Waals surface area contributed by atoms with Gasteiger partial charge in [0.05, 0.1) is 19.8 Å². The molecule has 20 heavy (non-hydrogen) atoms. The van der Waals surface area contributed by atoms with Gasteiger partial charge in [-0.3, -0.25) is 4.79 Å². The average Bonchev–Trinajstić information content (AvgIpc) is 2.98. The van der Waals surface area contributed by atoms with E-state index in [2.05, 4.69) is 6.92 Å². The topological polar surface area (TPSA) is 38.8 Å². The smallest absolute Gasteiger partial charge is 0.242 e. The molecule has 0 atom stereocenters. The van der Waals surface area contributed by atoms with Gasteiger partial charge >= 0.3 is 0 Å². The van der Waals surface area contributed by atoms with Gasteiger partial charge in [0.2, 0.25) is 5.91 Å². The van der Waals surface area contributed by atoms with Crippen LogP contribution in [0.1, 0.15) is 18.9 Å². The van der Waals surface area contributed by atoms with Gasteiger partial charge in [-0.25, -0.2) is 0 Å². The molecule has 1 aromatic rings. The van der Waals surface area contributed by atoms with Gasteiger partial charge in [-0.15, -0.1) is 11.6 Å². The Morgan fingerprint density at radius 2 is 2.05 bits per heavy atom. The summed E-state index contributed by atoms with van der Waals surface area (Å²) in [6, 6.07) is 7.91. The van der Waals surface area contributed by atoms with Gasteiger partial charge in [0.1, 0.15) is 5.88 Å². The molecular formula is C15H20ClNO3. The molecule has 1 heterocycles. The molecule has 2 rings (SSSR count). The fraction of sp³-hybridized carbons (Fsp3) is 0.533.